The summed E-state index contributed by atoms with van der Waals surface area (Å²) >= 11 is 0. The lowest BCUT2D eigenvalue weighted by Crippen LogP contribution is -2.05. The molecule has 1 saturated heterocycles. The Kier molecular flexibility index (Phi) is 2.68. The van der Waals surface area contributed by atoms with Crippen LogP contribution >= 0.6 is 0 Å². The van der Waals surface area contributed by atoms with Gasteiger partial charge in [-0.3, -0.25) is 4.79 Å². The number of hydrogen-bond donors (Lipinski definition) is 0. The van der Waals surface area contributed by atoms with Gasteiger partial charge in [-0.2, -0.15) is 0 Å². The predicted octanol–water partition coefficient (Wildman–Crippen LogP) is 0.255. The van der Waals surface area contributed by atoms with E-state index in [9.17, 15) is 4.79 Å². The maximum atomic E-state index is 10.6. The number of hydrogen-bond acceptors (Lipinski definition) is 3. The summed E-state index contributed by atoms with van der Waals surface area (Å²) in [5.41, 5.74) is 0. The SMILES string of the molecule is COC(=O)CCCN1CC1. The molecule has 3 heteroatoms. The van der Waals surface area contributed by atoms with Crippen molar-refractivity contribution in [3.05, 3.63) is 0 Å². The summed E-state index contributed by atoms with van der Waals surface area (Å²) < 4.78 is 4.49. The van der Waals surface area contributed by atoms with Gasteiger partial charge in [0, 0.05) is 19.5 Å². The molecule has 0 saturated carbocycles. The lowest BCUT2D eigenvalue weighted by Gasteiger charge is -1.98. The molecule has 0 unspecified atom stereocenters. The maximum Gasteiger partial charge on any atom is 0.305 e. The normalized spacial score (nSPS) is 16.9. The van der Waals surface area contributed by atoms with Gasteiger partial charge in [-0.15, -0.1) is 0 Å². The van der Waals surface area contributed by atoms with Crippen LogP contribution in [0, 0.1) is 0 Å². The molecule has 0 aromatic carbocycles. The van der Waals surface area contributed by atoms with E-state index in [1.54, 1.807) is 0 Å². The second kappa shape index (κ2) is 3.56. The van der Waals surface area contributed by atoms with E-state index < -0.39 is 0 Å². The van der Waals surface area contributed by atoms with Gasteiger partial charge >= 0.3 is 5.97 Å². The first-order chi connectivity index (χ1) is 4.83. The van der Waals surface area contributed by atoms with Crippen molar-refractivity contribution in [2.24, 2.45) is 0 Å². The van der Waals surface area contributed by atoms with Crippen LogP contribution in [0.5, 0.6) is 0 Å². The van der Waals surface area contributed by atoms with Gasteiger partial charge in [-0.25, -0.2) is 0 Å². The van der Waals surface area contributed by atoms with Gasteiger partial charge < -0.3 is 9.64 Å². The molecule has 1 aliphatic heterocycles. The van der Waals surface area contributed by atoms with E-state index in [1.165, 1.54) is 20.2 Å². The Hall–Kier alpha value is -0.570. The van der Waals surface area contributed by atoms with Crippen LogP contribution in [0.1, 0.15) is 12.8 Å². The van der Waals surface area contributed by atoms with E-state index in [1.807, 2.05) is 0 Å². The van der Waals surface area contributed by atoms with Gasteiger partial charge in [0.2, 0.25) is 0 Å². The topological polar surface area (TPSA) is 29.3 Å². The summed E-state index contributed by atoms with van der Waals surface area (Å²) in [6.45, 7) is 3.47. The van der Waals surface area contributed by atoms with E-state index >= 15 is 0 Å². The van der Waals surface area contributed by atoms with Crippen LogP contribution in [0.2, 0.25) is 0 Å². The van der Waals surface area contributed by atoms with Crippen molar-refractivity contribution in [3.63, 3.8) is 0 Å². The fourth-order valence-corrected chi connectivity index (χ4v) is 0.843. The monoisotopic (exact) mass is 143 g/mol. The number of carbonyl (C=O) groups excluding carboxylic acids is 1. The summed E-state index contributed by atoms with van der Waals surface area (Å²) in [6, 6.07) is 0. The number of rotatable bonds is 4. The summed E-state index contributed by atoms with van der Waals surface area (Å²) in [5, 5.41) is 0. The molecule has 0 N–H and O–H groups in total. The molecular weight excluding hydrogens is 130 g/mol. The molecule has 3 nitrogen and oxygen atoms in total. The number of carbonyl (C=O) groups is 1. The van der Waals surface area contributed by atoms with Crippen LogP contribution in [0.4, 0.5) is 0 Å². The molecule has 0 atom stereocenters. The molecule has 0 radical (unpaired) electrons. The zero-order valence-corrected chi connectivity index (χ0v) is 6.30. The van der Waals surface area contributed by atoms with Crippen LogP contribution in [0.15, 0.2) is 0 Å². The van der Waals surface area contributed by atoms with Crippen LogP contribution in [0.3, 0.4) is 0 Å². The van der Waals surface area contributed by atoms with Gasteiger partial charge in [0.1, 0.15) is 0 Å². The van der Waals surface area contributed by atoms with Gasteiger partial charge in [-0.05, 0) is 13.0 Å². The third kappa shape index (κ3) is 2.82. The van der Waals surface area contributed by atoms with Crippen molar-refractivity contribution >= 4 is 5.97 Å². The average Bonchev–Trinajstić information content (AvgIpc) is 2.71. The highest BCUT2D eigenvalue weighted by Crippen LogP contribution is 2.05. The van der Waals surface area contributed by atoms with Crippen LogP contribution in [-0.4, -0.2) is 37.6 Å². The van der Waals surface area contributed by atoms with Crippen LogP contribution in [-0.2, 0) is 9.53 Å². The molecule has 0 aromatic rings. The van der Waals surface area contributed by atoms with Crippen molar-refractivity contribution in [2.75, 3.05) is 26.7 Å². The number of methoxy groups -OCH3 is 1. The van der Waals surface area contributed by atoms with E-state index in [0.29, 0.717) is 6.42 Å². The standard InChI is InChI=1S/C7H13NO2/c1-10-7(9)3-2-4-8-5-6-8/h2-6H2,1H3. The largest absolute Gasteiger partial charge is 0.469 e. The summed E-state index contributed by atoms with van der Waals surface area (Å²) in [5.74, 6) is -0.0955. The van der Waals surface area contributed by atoms with E-state index in [0.717, 1.165) is 13.0 Å². The van der Waals surface area contributed by atoms with Crippen molar-refractivity contribution in [1.82, 2.24) is 4.90 Å². The Morgan fingerprint density at radius 3 is 2.80 bits per heavy atom. The van der Waals surface area contributed by atoms with Gasteiger partial charge in [0.05, 0.1) is 7.11 Å². The molecule has 1 heterocycles. The first kappa shape index (κ1) is 7.54. The first-order valence-corrected chi connectivity index (χ1v) is 3.62. The molecule has 0 aliphatic carbocycles. The van der Waals surface area contributed by atoms with Gasteiger partial charge in [0.15, 0.2) is 0 Å². The second-order valence-electron chi connectivity index (χ2n) is 2.52. The fourth-order valence-electron chi connectivity index (χ4n) is 0.843. The number of ether oxygens (including phenoxy) is 1. The Morgan fingerprint density at radius 2 is 2.30 bits per heavy atom. The van der Waals surface area contributed by atoms with Crippen molar-refractivity contribution < 1.29 is 9.53 Å². The summed E-state index contributed by atoms with van der Waals surface area (Å²) in [6.07, 6.45) is 1.50. The van der Waals surface area contributed by atoms with E-state index in [4.69, 9.17) is 0 Å². The Bertz CT molecular complexity index is 121. The fraction of sp³-hybridized carbons (Fsp3) is 0.857. The third-order valence-corrected chi connectivity index (χ3v) is 1.62. The highest BCUT2D eigenvalue weighted by molar-refractivity contribution is 5.69. The zero-order valence-electron chi connectivity index (χ0n) is 6.30. The third-order valence-electron chi connectivity index (χ3n) is 1.62. The summed E-state index contributed by atoms with van der Waals surface area (Å²) in [4.78, 5) is 12.9. The number of nitrogens with zero attached hydrogens (tertiary/aromatic N) is 1. The molecule has 0 bridgehead atoms. The molecule has 0 aromatic heterocycles. The Morgan fingerprint density at radius 1 is 1.60 bits per heavy atom. The van der Waals surface area contributed by atoms with Gasteiger partial charge in [0.25, 0.3) is 0 Å². The summed E-state index contributed by atoms with van der Waals surface area (Å²) in [7, 11) is 1.43. The predicted molar refractivity (Wildman–Crippen MR) is 37.7 cm³/mol. The molecule has 10 heavy (non-hydrogen) atoms. The highest BCUT2D eigenvalue weighted by Gasteiger charge is 2.16. The van der Waals surface area contributed by atoms with E-state index in [2.05, 4.69) is 9.64 Å². The maximum absolute atomic E-state index is 10.6. The minimum absolute atomic E-state index is 0.0955. The minimum Gasteiger partial charge on any atom is -0.469 e. The first-order valence-electron chi connectivity index (χ1n) is 3.62. The lowest BCUT2D eigenvalue weighted by molar-refractivity contribution is -0.140. The van der Waals surface area contributed by atoms with Crippen LogP contribution < -0.4 is 0 Å². The molecule has 1 aliphatic rings. The highest BCUT2D eigenvalue weighted by atomic mass is 16.5. The molecule has 1 rings (SSSR count). The van der Waals surface area contributed by atoms with Gasteiger partial charge in [-0.1, -0.05) is 0 Å². The second-order valence-corrected chi connectivity index (χ2v) is 2.52. The Labute approximate surface area is 61.0 Å². The molecule has 0 amide bonds. The zero-order chi connectivity index (χ0) is 7.40. The average molecular weight is 143 g/mol. The number of esters is 1. The van der Waals surface area contributed by atoms with E-state index in [-0.39, 0.29) is 5.97 Å². The van der Waals surface area contributed by atoms with Crippen molar-refractivity contribution in [3.8, 4) is 0 Å². The minimum atomic E-state index is -0.0955. The van der Waals surface area contributed by atoms with Crippen LogP contribution in [0.25, 0.3) is 0 Å². The quantitative estimate of drug-likeness (QED) is 0.417. The molecule has 0 spiro atoms. The molecular formula is C7H13NO2. The van der Waals surface area contributed by atoms with Crippen molar-refractivity contribution in [2.45, 2.75) is 12.8 Å². The Balaban J connectivity index is 1.88. The van der Waals surface area contributed by atoms with Crippen molar-refractivity contribution in [1.29, 1.82) is 0 Å². The lowest BCUT2D eigenvalue weighted by atomic mass is 10.3. The molecule has 1 fully saturated rings. The smallest absolute Gasteiger partial charge is 0.305 e. The molecule has 58 valence electrons.